The summed E-state index contributed by atoms with van der Waals surface area (Å²) in [5.74, 6) is -1.66. The smallest absolute Gasteiger partial charge is 0.253 e. The Kier molecular flexibility index (Phi) is 19.0. The van der Waals surface area contributed by atoms with E-state index in [1.165, 1.54) is 0 Å². The monoisotopic (exact) mass is 1020 g/mol. The zero-order valence-electron chi connectivity index (χ0n) is 44.6. The molecule has 396 valence electrons. The highest BCUT2D eigenvalue weighted by Gasteiger charge is 2.39. The van der Waals surface area contributed by atoms with Crippen molar-refractivity contribution in [1.82, 2.24) is 30.2 Å². The zero-order chi connectivity index (χ0) is 53.6. The maximum atomic E-state index is 14.9. The summed E-state index contributed by atoms with van der Waals surface area (Å²) in [6.07, 6.45) is 5.02. The van der Waals surface area contributed by atoms with Gasteiger partial charge in [-0.2, -0.15) is 0 Å². The zero-order valence-corrected chi connectivity index (χ0v) is 44.6. The lowest BCUT2D eigenvalue weighted by atomic mass is 9.90. The molecule has 2 heterocycles. The van der Waals surface area contributed by atoms with Gasteiger partial charge in [0.15, 0.2) is 5.78 Å². The summed E-state index contributed by atoms with van der Waals surface area (Å²) in [6, 6.07) is 48.5. The van der Waals surface area contributed by atoms with Crippen LogP contribution in [-0.4, -0.2) is 119 Å². The van der Waals surface area contributed by atoms with Crippen molar-refractivity contribution in [2.45, 2.75) is 102 Å². The van der Waals surface area contributed by atoms with Gasteiger partial charge in [-0.15, -0.1) is 0 Å². The van der Waals surface area contributed by atoms with Gasteiger partial charge < -0.3 is 30.2 Å². The highest BCUT2D eigenvalue weighted by molar-refractivity contribution is 6.02. The molecule has 2 aliphatic rings. The van der Waals surface area contributed by atoms with Crippen molar-refractivity contribution in [3.8, 4) is 0 Å². The number of ketones is 1. The van der Waals surface area contributed by atoms with Crippen molar-refractivity contribution in [3.63, 3.8) is 0 Å². The number of benzene rings is 6. The molecule has 6 aromatic rings. The number of nitrogens with zero attached hydrogens (tertiary/aromatic N) is 4. The summed E-state index contributed by atoms with van der Waals surface area (Å²) in [5.41, 5.74) is 4.73. The number of Topliss-reactive ketones (excluding diaryl/α,β-unsaturated/α-hetero) is 1. The Bertz CT molecular complexity index is 2720. The lowest BCUT2D eigenvalue weighted by molar-refractivity contribution is -0.138. The Balaban J connectivity index is 1.03. The topological polar surface area (TPSA) is 139 Å². The number of carbonyl (C=O) groups is 6. The Morgan fingerprint density at radius 2 is 1.03 bits per heavy atom. The van der Waals surface area contributed by atoms with Crippen LogP contribution in [0.1, 0.15) is 114 Å². The molecular formula is C64H74N6O6. The molecule has 0 saturated carbocycles. The fourth-order valence-electron chi connectivity index (χ4n) is 10.7. The van der Waals surface area contributed by atoms with Gasteiger partial charge in [-0.1, -0.05) is 147 Å². The number of rotatable bonds is 23. The second kappa shape index (κ2) is 26.4. The van der Waals surface area contributed by atoms with Crippen LogP contribution in [-0.2, 0) is 32.0 Å². The van der Waals surface area contributed by atoms with Crippen molar-refractivity contribution in [2.75, 3.05) is 46.3 Å². The van der Waals surface area contributed by atoms with Gasteiger partial charge in [-0.05, 0) is 116 Å². The minimum absolute atomic E-state index is 0.0316. The molecule has 12 nitrogen and oxygen atoms in total. The van der Waals surface area contributed by atoms with Gasteiger partial charge >= 0.3 is 0 Å². The second-order valence-electron chi connectivity index (χ2n) is 20.7. The number of hydrogen-bond donors (Lipinski definition) is 2. The normalized spacial score (nSPS) is 16.9. The molecule has 76 heavy (non-hydrogen) atoms. The quantitative estimate of drug-likeness (QED) is 0.0652. The molecule has 0 aliphatic carbocycles. The number of amides is 5. The third-order valence-electron chi connectivity index (χ3n) is 15.7. The highest BCUT2D eigenvalue weighted by Crippen LogP contribution is 2.31. The molecule has 5 amide bonds. The SMILES string of the molecule is CC[C@@H](C)C(=O)N[C@H](C(=O)N1CCC[C@H]1CN(CCc1ccccc1)C(=O)c1ccc2cc(C(=O)N(CCc3ccccc3)C[C@@H]3CCCN3C(=O)[C@@H](CC(=O)[C@H](C)NC)c3ccccc3)ccc2c1)c1ccccc1. The second-order valence-corrected chi connectivity index (χ2v) is 20.7. The van der Waals surface area contributed by atoms with E-state index in [2.05, 4.69) is 34.9 Å². The van der Waals surface area contributed by atoms with E-state index in [1.54, 1.807) is 7.05 Å². The van der Waals surface area contributed by atoms with Crippen LogP contribution >= 0.6 is 0 Å². The molecule has 2 N–H and O–H groups in total. The third-order valence-corrected chi connectivity index (χ3v) is 15.7. The van der Waals surface area contributed by atoms with E-state index in [-0.39, 0.29) is 59.7 Å². The van der Waals surface area contributed by atoms with Gasteiger partial charge in [-0.3, -0.25) is 28.8 Å². The highest BCUT2D eigenvalue weighted by atomic mass is 16.2. The Morgan fingerprint density at radius 3 is 1.49 bits per heavy atom. The summed E-state index contributed by atoms with van der Waals surface area (Å²) in [7, 11) is 1.75. The third kappa shape index (κ3) is 13.7. The van der Waals surface area contributed by atoms with Gasteiger partial charge in [0, 0.05) is 74.8 Å². The summed E-state index contributed by atoms with van der Waals surface area (Å²) in [4.78, 5) is 93.0. The van der Waals surface area contributed by atoms with Crippen LogP contribution in [0.25, 0.3) is 10.8 Å². The number of likely N-dealkylation sites (tertiary alicyclic amines) is 2. The van der Waals surface area contributed by atoms with E-state index in [0.29, 0.717) is 69.7 Å². The number of nitrogens with one attached hydrogen (secondary N) is 2. The number of likely N-dealkylation sites (N-methyl/N-ethyl adjacent to an activating group) is 1. The lowest BCUT2D eigenvalue weighted by Gasteiger charge is -2.34. The fraction of sp³-hybridized carbons (Fsp3) is 0.375. The van der Waals surface area contributed by atoms with Crippen LogP contribution in [0.5, 0.6) is 0 Å². The Hall–Kier alpha value is -7.44. The summed E-state index contributed by atoms with van der Waals surface area (Å²) in [6.45, 7) is 8.25. The molecule has 0 spiro atoms. The molecule has 8 rings (SSSR count). The number of fused-ring (bicyclic) bond motifs is 1. The van der Waals surface area contributed by atoms with E-state index < -0.39 is 18.0 Å². The molecule has 6 aromatic carbocycles. The minimum Gasteiger partial charge on any atom is -0.340 e. The van der Waals surface area contributed by atoms with E-state index in [1.807, 2.05) is 174 Å². The molecule has 6 atom stereocenters. The Labute approximate surface area is 448 Å². The molecule has 2 aliphatic heterocycles. The molecule has 0 aromatic heterocycles. The largest absolute Gasteiger partial charge is 0.340 e. The molecule has 2 fully saturated rings. The molecule has 0 bridgehead atoms. The summed E-state index contributed by atoms with van der Waals surface area (Å²) >= 11 is 0. The average molecular weight is 1020 g/mol. The molecule has 12 heteroatoms. The molecule has 2 saturated heterocycles. The van der Waals surface area contributed by atoms with E-state index in [4.69, 9.17) is 0 Å². The number of hydrogen-bond acceptors (Lipinski definition) is 7. The summed E-state index contributed by atoms with van der Waals surface area (Å²) < 4.78 is 0. The first-order valence-electron chi connectivity index (χ1n) is 27.3. The van der Waals surface area contributed by atoms with Crippen molar-refractivity contribution in [3.05, 3.63) is 191 Å². The maximum Gasteiger partial charge on any atom is 0.253 e. The van der Waals surface area contributed by atoms with Crippen molar-refractivity contribution in [1.29, 1.82) is 0 Å². The maximum absolute atomic E-state index is 14.9. The van der Waals surface area contributed by atoms with Crippen LogP contribution in [0.15, 0.2) is 158 Å². The first-order valence-corrected chi connectivity index (χ1v) is 27.3. The molecule has 0 radical (unpaired) electrons. The first kappa shape index (κ1) is 54.8. The van der Waals surface area contributed by atoms with Gasteiger partial charge in [0.05, 0.1) is 12.0 Å². The lowest BCUT2D eigenvalue weighted by Crippen LogP contribution is -2.50. The summed E-state index contributed by atoms with van der Waals surface area (Å²) in [5, 5.41) is 7.70. The standard InChI is InChI=1S/C64H74N6O6/c1-5-45(2)60(72)66-59(50-26-16-9-17-27-50)64(76)70-37-19-29-56(70)44-68(39-35-48-22-12-7-13-23-48)62(74)54-33-31-51-40-53(32-30-52(51)41-54)61(73)67(38-34-47-20-10-6-11-21-47)43-55-28-18-36-69(55)63(75)57(42-58(71)46(3)65-4)49-24-14-8-15-25-49/h6-17,20-27,30-33,40-41,45-46,55-57,59,65H,5,18-19,28-29,34-39,42-44H2,1-4H3,(H,66,72)/t45-,46+,55+,56+,57+,59+/m1/s1. The fourth-order valence-corrected chi connectivity index (χ4v) is 10.7. The molecule has 0 unspecified atom stereocenters. The number of carbonyl (C=O) groups excluding carboxylic acids is 6. The van der Waals surface area contributed by atoms with Crippen LogP contribution in [0.4, 0.5) is 0 Å². The van der Waals surface area contributed by atoms with Crippen LogP contribution in [0.2, 0.25) is 0 Å². The minimum atomic E-state index is -0.848. The predicted molar refractivity (Wildman–Crippen MR) is 300 cm³/mol. The van der Waals surface area contributed by atoms with Gasteiger partial charge in [0.25, 0.3) is 11.8 Å². The van der Waals surface area contributed by atoms with Gasteiger partial charge in [0.1, 0.15) is 6.04 Å². The molecular weight excluding hydrogens is 949 g/mol. The van der Waals surface area contributed by atoms with Crippen molar-refractivity contribution >= 4 is 46.1 Å². The van der Waals surface area contributed by atoms with Crippen LogP contribution in [0, 0.1) is 5.92 Å². The van der Waals surface area contributed by atoms with Crippen molar-refractivity contribution < 1.29 is 28.8 Å². The van der Waals surface area contributed by atoms with Crippen LogP contribution < -0.4 is 10.6 Å². The van der Waals surface area contributed by atoms with Crippen molar-refractivity contribution in [2.24, 2.45) is 5.92 Å². The Morgan fingerprint density at radius 1 is 0.579 bits per heavy atom. The average Bonchev–Trinajstić information content (AvgIpc) is 4.15. The van der Waals surface area contributed by atoms with Crippen LogP contribution in [0.3, 0.4) is 0 Å². The van der Waals surface area contributed by atoms with Gasteiger partial charge in [-0.25, -0.2) is 0 Å². The first-order chi connectivity index (χ1) is 36.9. The van der Waals surface area contributed by atoms with E-state index >= 15 is 0 Å². The predicted octanol–water partition coefficient (Wildman–Crippen LogP) is 9.45. The van der Waals surface area contributed by atoms with E-state index in [0.717, 1.165) is 58.7 Å². The van der Waals surface area contributed by atoms with Gasteiger partial charge in [0.2, 0.25) is 17.7 Å². The van der Waals surface area contributed by atoms with E-state index in [9.17, 15) is 28.8 Å².